The average Bonchev–Trinajstić information content (AvgIpc) is 3.00. The van der Waals surface area contributed by atoms with Gasteiger partial charge in [-0.1, -0.05) is 30.3 Å². The Bertz CT molecular complexity index is 831. The molecular weight excluding hydrogens is 300 g/mol. The first-order valence-electron chi connectivity index (χ1n) is 6.94. The lowest BCUT2D eigenvalue weighted by atomic mass is 10.2. The normalized spacial score (nSPS) is 10.5. The van der Waals surface area contributed by atoms with Gasteiger partial charge in [-0.05, 0) is 17.7 Å². The molecule has 0 aliphatic heterocycles. The van der Waals surface area contributed by atoms with Crippen LogP contribution in [0.4, 0.5) is 14.5 Å². The fourth-order valence-electron chi connectivity index (χ4n) is 2.11. The highest BCUT2D eigenvalue weighted by molar-refractivity contribution is 6.03. The van der Waals surface area contributed by atoms with E-state index in [1.54, 1.807) is 10.9 Å². The lowest BCUT2D eigenvalue weighted by Gasteiger charge is -2.04. The van der Waals surface area contributed by atoms with Gasteiger partial charge in [-0.15, -0.1) is 0 Å². The molecule has 4 nitrogen and oxygen atoms in total. The van der Waals surface area contributed by atoms with Crippen molar-refractivity contribution in [2.24, 2.45) is 0 Å². The lowest BCUT2D eigenvalue weighted by Crippen LogP contribution is -2.11. The van der Waals surface area contributed by atoms with Gasteiger partial charge in [-0.3, -0.25) is 9.48 Å². The Hall–Kier alpha value is -3.02. The number of carbonyl (C=O) groups is 1. The summed E-state index contributed by atoms with van der Waals surface area (Å²) in [5.41, 5.74) is 1.58. The summed E-state index contributed by atoms with van der Waals surface area (Å²) in [4.78, 5) is 12.1. The van der Waals surface area contributed by atoms with Crippen LogP contribution in [0.5, 0.6) is 0 Å². The lowest BCUT2D eigenvalue weighted by molar-refractivity contribution is 0.102. The number of hydrogen-bond donors (Lipinski definition) is 1. The molecule has 0 aliphatic carbocycles. The number of aromatic nitrogens is 2. The van der Waals surface area contributed by atoms with Gasteiger partial charge in [0, 0.05) is 18.0 Å². The maximum Gasteiger partial charge on any atom is 0.258 e. The summed E-state index contributed by atoms with van der Waals surface area (Å²) < 4.78 is 27.6. The fourth-order valence-corrected chi connectivity index (χ4v) is 2.11. The van der Waals surface area contributed by atoms with Crippen LogP contribution >= 0.6 is 0 Å². The Kier molecular flexibility index (Phi) is 4.14. The summed E-state index contributed by atoms with van der Waals surface area (Å²) in [5, 5.41) is 6.63. The van der Waals surface area contributed by atoms with Crippen molar-refractivity contribution in [3.63, 3.8) is 0 Å². The highest BCUT2D eigenvalue weighted by atomic mass is 19.2. The summed E-state index contributed by atoms with van der Waals surface area (Å²) in [6.45, 7) is 0.541. The molecule has 0 saturated heterocycles. The number of nitrogens with zero attached hydrogens (tertiary/aromatic N) is 2. The number of hydrogen-bond acceptors (Lipinski definition) is 2. The van der Waals surface area contributed by atoms with Crippen molar-refractivity contribution in [1.29, 1.82) is 0 Å². The number of carbonyl (C=O) groups excluding carboxylic acids is 1. The molecule has 1 N–H and O–H groups in total. The van der Waals surface area contributed by atoms with Gasteiger partial charge >= 0.3 is 0 Å². The van der Waals surface area contributed by atoms with Gasteiger partial charge in [0.2, 0.25) is 0 Å². The highest BCUT2D eigenvalue weighted by Crippen LogP contribution is 2.14. The van der Waals surface area contributed by atoms with E-state index in [9.17, 15) is 13.6 Å². The molecule has 3 aromatic rings. The van der Waals surface area contributed by atoms with Gasteiger partial charge < -0.3 is 5.32 Å². The minimum absolute atomic E-state index is 0.185. The zero-order valence-electron chi connectivity index (χ0n) is 12.0. The van der Waals surface area contributed by atoms with Crippen molar-refractivity contribution in [2.75, 3.05) is 5.32 Å². The number of amides is 1. The van der Waals surface area contributed by atoms with Gasteiger partial charge in [0.15, 0.2) is 11.6 Å². The molecule has 3 rings (SSSR count). The second kappa shape index (κ2) is 6.39. The monoisotopic (exact) mass is 313 g/mol. The van der Waals surface area contributed by atoms with Crippen LogP contribution in [0.25, 0.3) is 0 Å². The molecule has 0 saturated carbocycles. The van der Waals surface area contributed by atoms with Gasteiger partial charge in [0.1, 0.15) is 0 Å². The van der Waals surface area contributed by atoms with E-state index in [1.807, 2.05) is 30.3 Å². The summed E-state index contributed by atoms with van der Waals surface area (Å²) in [7, 11) is 0. The zero-order valence-corrected chi connectivity index (χ0v) is 12.0. The average molecular weight is 313 g/mol. The van der Waals surface area contributed by atoms with Gasteiger partial charge in [-0.2, -0.15) is 5.10 Å². The number of halogens is 2. The molecule has 116 valence electrons. The van der Waals surface area contributed by atoms with Crippen molar-refractivity contribution in [3.05, 3.63) is 83.7 Å². The Morgan fingerprint density at radius 3 is 2.61 bits per heavy atom. The third kappa shape index (κ3) is 3.60. The number of nitrogens with one attached hydrogen (secondary N) is 1. The largest absolute Gasteiger partial charge is 0.322 e. The van der Waals surface area contributed by atoms with Crippen LogP contribution in [0, 0.1) is 11.6 Å². The Morgan fingerprint density at radius 1 is 1.09 bits per heavy atom. The Morgan fingerprint density at radius 2 is 1.87 bits per heavy atom. The molecule has 1 amide bonds. The van der Waals surface area contributed by atoms with E-state index in [2.05, 4.69) is 10.4 Å². The first kappa shape index (κ1) is 14.9. The van der Waals surface area contributed by atoms with Crippen LogP contribution < -0.4 is 5.32 Å². The first-order chi connectivity index (χ1) is 11.1. The standard InChI is InChI=1S/C17H13F2N3O/c18-15-7-6-14(8-16(15)19)21-17(23)13-9-20-22(11-13)10-12-4-2-1-3-5-12/h1-9,11H,10H2,(H,21,23). The predicted octanol–water partition coefficient (Wildman–Crippen LogP) is 3.46. The van der Waals surface area contributed by atoms with Crippen molar-refractivity contribution < 1.29 is 13.6 Å². The van der Waals surface area contributed by atoms with Crippen LogP contribution in [0.1, 0.15) is 15.9 Å². The van der Waals surface area contributed by atoms with E-state index in [-0.39, 0.29) is 5.69 Å². The number of benzene rings is 2. The predicted molar refractivity (Wildman–Crippen MR) is 82.1 cm³/mol. The quantitative estimate of drug-likeness (QED) is 0.802. The number of anilines is 1. The van der Waals surface area contributed by atoms with Crippen molar-refractivity contribution >= 4 is 11.6 Å². The van der Waals surface area contributed by atoms with Gasteiger partial charge in [0.25, 0.3) is 5.91 Å². The number of rotatable bonds is 4. The smallest absolute Gasteiger partial charge is 0.258 e. The first-order valence-corrected chi connectivity index (χ1v) is 6.94. The van der Waals surface area contributed by atoms with E-state index < -0.39 is 17.5 Å². The van der Waals surface area contributed by atoms with E-state index in [4.69, 9.17) is 0 Å². The highest BCUT2D eigenvalue weighted by Gasteiger charge is 2.11. The van der Waals surface area contributed by atoms with Crippen LogP contribution in [-0.2, 0) is 6.54 Å². The fraction of sp³-hybridized carbons (Fsp3) is 0.0588. The third-order valence-corrected chi connectivity index (χ3v) is 3.26. The van der Waals surface area contributed by atoms with E-state index in [0.29, 0.717) is 12.1 Å². The van der Waals surface area contributed by atoms with Crippen molar-refractivity contribution in [2.45, 2.75) is 6.54 Å². The zero-order chi connectivity index (χ0) is 16.2. The molecule has 0 spiro atoms. The molecule has 0 aliphatic rings. The van der Waals surface area contributed by atoms with E-state index in [0.717, 1.165) is 17.7 Å². The van der Waals surface area contributed by atoms with Crippen LogP contribution in [0.15, 0.2) is 60.9 Å². The minimum atomic E-state index is -1.01. The van der Waals surface area contributed by atoms with Gasteiger partial charge in [-0.25, -0.2) is 8.78 Å². The molecule has 0 atom stereocenters. The molecule has 6 heteroatoms. The molecule has 2 aromatic carbocycles. The maximum atomic E-state index is 13.1. The molecule has 0 radical (unpaired) electrons. The molecule has 1 aromatic heterocycles. The summed E-state index contributed by atoms with van der Waals surface area (Å²) in [5.74, 6) is -2.41. The van der Waals surface area contributed by atoms with E-state index >= 15 is 0 Å². The SMILES string of the molecule is O=C(Nc1ccc(F)c(F)c1)c1cnn(Cc2ccccc2)c1. The molecule has 0 fully saturated rings. The van der Waals surface area contributed by atoms with E-state index in [1.165, 1.54) is 12.3 Å². The molecule has 0 unspecified atom stereocenters. The van der Waals surface area contributed by atoms with Crippen LogP contribution in [0.3, 0.4) is 0 Å². The third-order valence-electron chi connectivity index (χ3n) is 3.26. The molecule has 0 bridgehead atoms. The molecule has 1 heterocycles. The minimum Gasteiger partial charge on any atom is -0.322 e. The summed E-state index contributed by atoms with van der Waals surface area (Å²) >= 11 is 0. The maximum absolute atomic E-state index is 13.1. The Labute approximate surface area is 131 Å². The molecule has 23 heavy (non-hydrogen) atoms. The summed E-state index contributed by atoms with van der Waals surface area (Å²) in [6, 6.07) is 12.9. The second-order valence-corrected chi connectivity index (χ2v) is 5.00. The van der Waals surface area contributed by atoms with Gasteiger partial charge in [0.05, 0.1) is 18.3 Å². The molecular formula is C17H13F2N3O. The topological polar surface area (TPSA) is 46.9 Å². The van der Waals surface area contributed by atoms with Crippen LogP contribution in [0.2, 0.25) is 0 Å². The van der Waals surface area contributed by atoms with Crippen molar-refractivity contribution in [3.8, 4) is 0 Å². The summed E-state index contributed by atoms with van der Waals surface area (Å²) in [6.07, 6.45) is 3.03. The van der Waals surface area contributed by atoms with Crippen molar-refractivity contribution in [1.82, 2.24) is 9.78 Å². The Balaban J connectivity index is 1.69. The van der Waals surface area contributed by atoms with Crippen LogP contribution in [-0.4, -0.2) is 15.7 Å². The second-order valence-electron chi connectivity index (χ2n) is 5.00.